The smallest absolute Gasteiger partial charge is 0.241 e. The lowest BCUT2D eigenvalue weighted by Crippen LogP contribution is -2.40. The molecule has 0 bridgehead atoms. The molecule has 1 fully saturated rings. The molecular formula is C16H21N5O. The quantitative estimate of drug-likeness (QED) is 0.847. The fourth-order valence-corrected chi connectivity index (χ4v) is 2.49. The van der Waals surface area contributed by atoms with Crippen LogP contribution in [0.15, 0.2) is 36.7 Å². The third-order valence-electron chi connectivity index (χ3n) is 3.87. The first-order valence-electron chi connectivity index (χ1n) is 7.60. The summed E-state index contributed by atoms with van der Waals surface area (Å²) in [5.41, 5.74) is 0.953. The second kappa shape index (κ2) is 6.27. The van der Waals surface area contributed by atoms with E-state index in [1.54, 1.807) is 6.33 Å². The van der Waals surface area contributed by atoms with Gasteiger partial charge in [0.15, 0.2) is 0 Å². The molecule has 1 amide bonds. The predicted molar refractivity (Wildman–Crippen MR) is 82.9 cm³/mol. The molecule has 1 saturated carbocycles. The molecule has 6 heteroatoms. The molecule has 6 nitrogen and oxygen atoms in total. The maximum Gasteiger partial charge on any atom is 0.241 e. The molecule has 0 spiro atoms. The number of benzene rings is 1. The Hall–Kier alpha value is -2.21. The van der Waals surface area contributed by atoms with Crippen LogP contribution in [0.3, 0.4) is 0 Å². The minimum atomic E-state index is -0.395. The van der Waals surface area contributed by atoms with Crippen molar-refractivity contribution in [1.82, 2.24) is 25.4 Å². The van der Waals surface area contributed by atoms with Crippen LogP contribution in [0.5, 0.6) is 0 Å². The third-order valence-corrected chi connectivity index (χ3v) is 3.87. The Morgan fingerprint density at radius 3 is 2.64 bits per heavy atom. The molecule has 1 aliphatic rings. The lowest BCUT2D eigenvalue weighted by Gasteiger charge is -2.22. The highest BCUT2D eigenvalue weighted by molar-refractivity contribution is 5.83. The maximum absolute atomic E-state index is 12.6. The SMILES string of the molecule is C[C@@H](N[C@H](C(=O)NC1CC1)c1ccccc1)c1nncn1C. The Balaban J connectivity index is 1.78. The molecule has 2 atom stereocenters. The number of nitrogens with zero attached hydrogens (tertiary/aromatic N) is 3. The van der Waals surface area contributed by atoms with Gasteiger partial charge in [0.2, 0.25) is 5.91 Å². The summed E-state index contributed by atoms with van der Waals surface area (Å²) in [6.07, 6.45) is 3.81. The van der Waals surface area contributed by atoms with Crippen LogP contribution in [0.1, 0.15) is 43.2 Å². The van der Waals surface area contributed by atoms with Crippen molar-refractivity contribution in [1.29, 1.82) is 0 Å². The van der Waals surface area contributed by atoms with Gasteiger partial charge in [-0.05, 0) is 25.3 Å². The Bertz CT molecular complexity index is 635. The van der Waals surface area contributed by atoms with Gasteiger partial charge in [-0.2, -0.15) is 0 Å². The van der Waals surface area contributed by atoms with E-state index in [-0.39, 0.29) is 11.9 Å². The van der Waals surface area contributed by atoms with Crippen molar-refractivity contribution in [2.75, 3.05) is 0 Å². The maximum atomic E-state index is 12.6. The van der Waals surface area contributed by atoms with Crippen LogP contribution >= 0.6 is 0 Å². The van der Waals surface area contributed by atoms with E-state index >= 15 is 0 Å². The van der Waals surface area contributed by atoms with E-state index < -0.39 is 6.04 Å². The van der Waals surface area contributed by atoms with Crippen LogP contribution in [0.25, 0.3) is 0 Å². The molecule has 2 N–H and O–H groups in total. The number of nitrogens with one attached hydrogen (secondary N) is 2. The summed E-state index contributed by atoms with van der Waals surface area (Å²) in [6.45, 7) is 1.99. The molecule has 1 aromatic carbocycles. The first-order chi connectivity index (χ1) is 10.6. The van der Waals surface area contributed by atoms with Gasteiger partial charge < -0.3 is 9.88 Å². The average Bonchev–Trinajstić information content (AvgIpc) is 3.23. The van der Waals surface area contributed by atoms with Gasteiger partial charge in [0.1, 0.15) is 18.2 Å². The molecule has 1 aromatic heterocycles. The number of aromatic nitrogens is 3. The van der Waals surface area contributed by atoms with Gasteiger partial charge in [0, 0.05) is 13.1 Å². The fourth-order valence-electron chi connectivity index (χ4n) is 2.49. The predicted octanol–water partition coefficient (Wildman–Crippen LogP) is 1.49. The second-order valence-electron chi connectivity index (χ2n) is 5.81. The zero-order valence-corrected chi connectivity index (χ0v) is 12.9. The summed E-state index contributed by atoms with van der Waals surface area (Å²) < 4.78 is 1.86. The molecule has 0 unspecified atom stereocenters. The summed E-state index contributed by atoms with van der Waals surface area (Å²) in [6, 6.07) is 9.64. The normalized spacial score (nSPS) is 17.0. The van der Waals surface area contributed by atoms with Crippen molar-refractivity contribution in [3.8, 4) is 0 Å². The summed E-state index contributed by atoms with van der Waals surface area (Å²) in [5.74, 6) is 0.822. The number of aryl methyl sites for hydroxylation is 1. The lowest BCUT2D eigenvalue weighted by molar-refractivity contribution is -0.123. The Morgan fingerprint density at radius 1 is 1.32 bits per heavy atom. The molecule has 22 heavy (non-hydrogen) atoms. The van der Waals surface area contributed by atoms with Gasteiger partial charge in [0.05, 0.1) is 6.04 Å². The minimum absolute atomic E-state index is 0.0164. The Labute approximate surface area is 129 Å². The fraction of sp³-hybridized carbons (Fsp3) is 0.438. The van der Waals surface area contributed by atoms with Gasteiger partial charge in [-0.25, -0.2) is 0 Å². The summed E-state index contributed by atoms with van der Waals surface area (Å²) in [4.78, 5) is 12.6. The van der Waals surface area contributed by atoms with Crippen molar-refractivity contribution >= 4 is 5.91 Å². The number of amides is 1. The topological polar surface area (TPSA) is 71.8 Å². The molecule has 116 valence electrons. The van der Waals surface area contributed by atoms with E-state index in [4.69, 9.17) is 0 Å². The molecule has 2 aromatic rings. The molecular weight excluding hydrogens is 278 g/mol. The van der Waals surface area contributed by atoms with Crippen LogP contribution in [0.4, 0.5) is 0 Å². The van der Waals surface area contributed by atoms with Crippen LogP contribution < -0.4 is 10.6 Å². The van der Waals surface area contributed by atoms with Gasteiger partial charge in [-0.1, -0.05) is 30.3 Å². The van der Waals surface area contributed by atoms with E-state index in [1.807, 2.05) is 48.9 Å². The Kier molecular flexibility index (Phi) is 4.20. The van der Waals surface area contributed by atoms with E-state index in [9.17, 15) is 4.79 Å². The monoisotopic (exact) mass is 299 g/mol. The van der Waals surface area contributed by atoms with Gasteiger partial charge in [-0.15, -0.1) is 10.2 Å². The first kappa shape index (κ1) is 14.7. The highest BCUT2D eigenvalue weighted by Crippen LogP contribution is 2.23. The van der Waals surface area contributed by atoms with Crippen molar-refractivity contribution in [3.63, 3.8) is 0 Å². The van der Waals surface area contributed by atoms with Gasteiger partial charge in [0.25, 0.3) is 0 Å². The Morgan fingerprint density at radius 2 is 2.05 bits per heavy atom. The lowest BCUT2D eigenvalue weighted by atomic mass is 10.0. The minimum Gasteiger partial charge on any atom is -0.352 e. The van der Waals surface area contributed by atoms with Crippen LogP contribution in [0.2, 0.25) is 0 Å². The average molecular weight is 299 g/mol. The molecule has 0 saturated heterocycles. The molecule has 1 aliphatic carbocycles. The molecule has 3 rings (SSSR count). The van der Waals surface area contributed by atoms with E-state index in [1.165, 1.54) is 0 Å². The van der Waals surface area contributed by atoms with Crippen molar-refractivity contribution in [3.05, 3.63) is 48.0 Å². The zero-order chi connectivity index (χ0) is 15.5. The van der Waals surface area contributed by atoms with E-state index in [0.717, 1.165) is 24.2 Å². The van der Waals surface area contributed by atoms with Gasteiger partial charge in [-0.3, -0.25) is 10.1 Å². The molecule has 1 heterocycles. The standard InChI is InChI=1S/C16H21N5O/c1-11(15-20-17-10-21(15)2)18-14(12-6-4-3-5-7-12)16(22)19-13-8-9-13/h3-7,10-11,13-14,18H,8-9H2,1-2H3,(H,19,22)/t11-,14+/m1/s1. The van der Waals surface area contributed by atoms with Crippen molar-refractivity contribution in [2.45, 2.75) is 37.9 Å². The van der Waals surface area contributed by atoms with Crippen molar-refractivity contribution in [2.24, 2.45) is 7.05 Å². The number of rotatable bonds is 6. The van der Waals surface area contributed by atoms with E-state index in [0.29, 0.717) is 6.04 Å². The highest BCUT2D eigenvalue weighted by atomic mass is 16.2. The van der Waals surface area contributed by atoms with Gasteiger partial charge >= 0.3 is 0 Å². The number of carbonyl (C=O) groups is 1. The van der Waals surface area contributed by atoms with Crippen LogP contribution in [-0.4, -0.2) is 26.7 Å². The first-order valence-corrected chi connectivity index (χ1v) is 7.60. The van der Waals surface area contributed by atoms with Crippen LogP contribution in [0, 0.1) is 0 Å². The zero-order valence-electron chi connectivity index (χ0n) is 12.9. The molecule has 0 radical (unpaired) electrons. The summed E-state index contributed by atoms with van der Waals surface area (Å²) >= 11 is 0. The largest absolute Gasteiger partial charge is 0.352 e. The highest BCUT2D eigenvalue weighted by Gasteiger charge is 2.29. The second-order valence-corrected chi connectivity index (χ2v) is 5.81. The van der Waals surface area contributed by atoms with Crippen LogP contribution in [-0.2, 0) is 11.8 Å². The number of hydrogen-bond acceptors (Lipinski definition) is 4. The summed E-state index contributed by atoms with van der Waals surface area (Å²) in [7, 11) is 1.90. The number of carbonyl (C=O) groups excluding carboxylic acids is 1. The summed E-state index contributed by atoms with van der Waals surface area (Å²) in [5, 5.41) is 14.5. The third kappa shape index (κ3) is 3.33. The molecule has 0 aliphatic heterocycles. The van der Waals surface area contributed by atoms with Crippen molar-refractivity contribution < 1.29 is 4.79 Å². The number of hydrogen-bond donors (Lipinski definition) is 2. The van der Waals surface area contributed by atoms with E-state index in [2.05, 4.69) is 20.8 Å².